The van der Waals surface area contributed by atoms with Crippen LogP contribution in [-0.2, 0) is 4.57 Å². The van der Waals surface area contributed by atoms with Crippen LogP contribution in [0, 0.1) is 0 Å². The van der Waals surface area contributed by atoms with E-state index in [1.54, 1.807) is 18.2 Å². The van der Waals surface area contributed by atoms with Gasteiger partial charge in [-0.25, -0.2) is 0 Å². The molecule has 0 aliphatic heterocycles. The summed E-state index contributed by atoms with van der Waals surface area (Å²) in [6.07, 6.45) is 0. The van der Waals surface area contributed by atoms with Gasteiger partial charge in [0.1, 0.15) is 0 Å². The summed E-state index contributed by atoms with van der Waals surface area (Å²) < 4.78 is 11.0. The fourth-order valence-corrected chi connectivity index (χ4v) is 2.75. The zero-order valence-electron chi connectivity index (χ0n) is 10.7. The number of halogens is 1. The largest absolute Gasteiger partial charge is 1.00 e. The normalized spacial score (nSPS) is 10.3. The van der Waals surface area contributed by atoms with E-state index in [1.807, 2.05) is 18.2 Å². The average molecular weight is 313 g/mol. The van der Waals surface area contributed by atoms with Crippen LogP contribution in [0.4, 0.5) is 0 Å². The van der Waals surface area contributed by atoms with Crippen LogP contribution in [0.15, 0.2) is 48.5 Å². The summed E-state index contributed by atoms with van der Waals surface area (Å²) in [6.45, 7) is 0. The summed E-state index contributed by atoms with van der Waals surface area (Å²) in [7, 11) is -4.84. The summed E-state index contributed by atoms with van der Waals surface area (Å²) in [5.41, 5.74) is 1.31. The Morgan fingerprint density at radius 2 is 1.47 bits per heavy atom. The molecular weight excluding hydrogens is 305 g/mol. The van der Waals surface area contributed by atoms with Gasteiger partial charge in [0.15, 0.2) is 0 Å². The Bertz CT molecular complexity index is 587. The van der Waals surface area contributed by atoms with E-state index in [0.29, 0.717) is 5.56 Å². The smallest absolute Gasteiger partial charge is 0.807 e. The molecule has 0 aliphatic carbocycles. The van der Waals surface area contributed by atoms with Gasteiger partial charge in [0.25, 0.3) is 0 Å². The van der Waals surface area contributed by atoms with E-state index in [4.69, 9.17) is 11.6 Å². The van der Waals surface area contributed by atoms with Gasteiger partial charge in [-0.2, -0.15) is 0 Å². The van der Waals surface area contributed by atoms with Crippen molar-refractivity contribution in [3.63, 3.8) is 0 Å². The quantitative estimate of drug-likeness (QED) is 0.415. The Morgan fingerprint density at radius 1 is 0.895 bits per heavy atom. The van der Waals surface area contributed by atoms with Crippen LogP contribution in [0.1, 0.15) is 0 Å². The van der Waals surface area contributed by atoms with Crippen LogP contribution in [0.3, 0.4) is 0 Å². The molecule has 0 saturated carbocycles. The van der Waals surface area contributed by atoms with Crippen LogP contribution >= 0.6 is 19.2 Å². The SMILES string of the molecule is O=P([O-])([O-])c1cccc(-c2ccccc2)c1Cl.[Na+].[Na+]. The Kier molecular flexibility index (Phi) is 8.74. The van der Waals surface area contributed by atoms with Gasteiger partial charge in [-0.15, -0.1) is 0 Å². The third kappa shape index (κ3) is 4.98. The third-order valence-corrected chi connectivity index (χ3v) is 3.86. The summed E-state index contributed by atoms with van der Waals surface area (Å²) in [5, 5.41) is -0.382. The van der Waals surface area contributed by atoms with Crippen LogP contribution in [0.25, 0.3) is 11.1 Å². The van der Waals surface area contributed by atoms with Gasteiger partial charge in [-0.05, 0) is 13.2 Å². The first-order chi connectivity index (χ1) is 8.00. The number of benzene rings is 2. The Balaban J connectivity index is 0.00000162. The van der Waals surface area contributed by atoms with Gasteiger partial charge in [0, 0.05) is 10.9 Å². The zero-order chi connectivity index (χ0) is 12.5. The van der Waals surface area contributed by atoms with Crippen molar-refractivity contribution in [3.05, 3.63) is 53.6 Å². The minimum atomic E-state index is -4.84. The maximum atomic E-state index is 11.0. The van der Waals surface area contributed by atoms with Crippen LogP contribution in [0.2, 0.25) is 5.02 Å². The molecule has 88 valence electrons. The maximum Gasteiger partial charge on any atom is 1.00 e. The Labute approximate surface area is 161 Å². The second-order valence-electron chi connectivity index (χ2n) is 3.50. The molecule has 0 aliphatic rings. The van der Waals surface area contributed by atoms with E-state index in [-0.39, 0.29) is 69.4 Å². The van der Waals surface area contributed by atoms with Gasteiger partial charge < -0.3 is 14.4 Å². The van der Waals surface area contributed by atoms with Crippen molar-refractivity contribution in [2.75, 3.05) is 0 Å². The Hall–Kier alpha value is 0.880. The fraction of sp³-hybridized carbons (Fsp3) is 0. The van der Waals surface area contributed by atoms with E-state index in [2.05, 4.69) is 0 Å². The van der Waals surface area contributed by atoms with Gasteiger partial charge >= 0.3 is 59.1 Å². The molecule has 0 aromatic heterocycles. The van der Waals surface area contributed by atoms with Crippen molar-refractivity contribution in [1.29, 1.82) is 0 Å². The van der Waals surface area contributed by atoms with E-state index in [1.165, 1.54) is 12.1 Å². The van der Waals surface area contributed by atoms with Gasteiger partial charge in [-0.3, -0.25) is 0 Å². The molecule has 0 fully saturated rings. The summed E-state index contributed by atoms with van der Waals surface area (Å²) in [6, 6.07) is 13.5. The van der Waals surface area contributed by atoms with Crippen molar-refractivity contribution in [1.82, 2.24) is 0 Å². The molecule has 0 atom stereocenters. The second-order valence-corrected chi connectivity index (χ2v) is 5.36. The minimum absolute atomic E-state index is 0. The molecule has 0 unspecified atom stereocenters. The maximum absolute atomic E-state index is 11.0. The molecule has 0 saturated heterocycles. The van der Waals surface area contributed by atoms with E-state index in [9.17, 15) is 14.4 Å². The summed E-state index contributed by atoms with van der Waals surface area (Å²) in [5.74, 6) is 0. The summed E-state index contributed by atoms with van der Waals surface area (Å²) >= 11 is 5.96. The van der Waals surface area contributed by atoms with Crippen molar-refractivity contribution in [3.8, 4) is 11.1 Å². The topological polar surface area (TPSA) is 63.2 Å². The number of hydrogen-bond acceptors (Lipinski definition) is 3. The first kappa shape index (κ1) is 19.9. The Morgan fingerprint density at radius 3 is 2.00 bits per heavy atom. The third-order valence-electron chi connectivity index (χ3n) is 2.36. The number of rotatable bonds is 2. The molecule has 2 aromatic rings. The molecular formula is C12H8ClNa2O3P. The van der Waals surface area contributed by atoms with Crippen LogP contribution < -0.4 is 74.2 Å². The predicted molar refractivity (Wildman–Crippen MR) is 64.1 cm³/mol. The molecule has 3 nitrogen and oxygen atoms in total. The fourth-order valence-electron chi connectivity index (χ4n) is 1.57. The van der Waals surface area contributed by atoms with Crippen molar-refractivity contribution < 1.29 is 73.5 Å². The molecule has 0 spiro atoms. The first-order valence-corrected chi connectivity index (χ1v) is 6.79. The standard InChI is InChI=1S/C12H10ClO3P.2Na/c13-12-10(9-5-2-1-3-6-9)7-4-8-11(12)17(14,15)16;;/h1-8H,(H2,14,15,16);;/q;2*+1/p-2. The van der Waals surface area contributed by atoms with Crippen molar-refractivity contribution >= 4 is 24.5 Å². The molecule has 0 radical (unpaired) electrons. The monoisotopic (exact) mass is 312 g/mol. The van der Waals surface area contributed by atoms with E-state index in [0.717, 1.165) is 5.56 Å². The van der Waals surface area contributed by atoms with Crippen LogP contribution in [-0.4, -0.2) is 0 Å². The molecule has 2 aromatic carbocycles. The van der Waals surface area contributed by atoms with Crippen molar-refractivity contribution in [2.45, 2.75) is 0 Å². The first-order valence-electron chi connectivity index (χ1n) is 4.87. The molecule has 0 amide bonds. The molecule has 2 rings (SSSR count). The average Bonchev–Trinajstić information content (AvgIpc) is 2.29. The van der Waals surface area contributed by atoms with Crippen molar-refractivity contribution in [2.24, 2.45) is 0 Å². The van der Waals surface area contributed by atoms with Gasteiger partial charge in [0.05, 0.1) is 5.02 Å². The van der Waals surface area contributed by atoms with E-state index >= 15 is 0 Å². The van der Waals surface area contributed by atoms with E-state index < -0.39 is 7.60 Å². The number of hydrogen-bond donors (Lipinski definition) is 0. The molecule has 0 bridgehead atoms. The minimum Gasteiger partial charge on any atom is -0.807 e. The predicted octanol–water partition coefficient (Wildman–Crippen LogP) is -4.45. The van der Waals surface area contributed by atoms with Gasteiger partial charge in [0.2, 0.25) is 0 Å². The molecule has 19 heavy (non-hydrogen) atoms. The molecule has 0 N–H and O–H groups in total. The molecule has 7 heteroatoms. The van der Waals surface area contributed by atoms with Gasteiger partial charge in [-0.1, -0.05) is 60.1 Å². The second kappa shape index (κ2) is 8.35. The van der Waals surface area contributed by atoms with Crippen LogP contribution in [0.5, 0.6) is 0 Å². The summed E-state index contributed by atoms with van der Waals surface area (Å²) in [4.78, 5) is 22.1. The zero-order valence-corrected chi connectivity index (χ0v) is 16.3. The molecule has 0 heterocycles.